The standard InChI is InChI=1S/C23H23ClN2O4S/c1-15-8-10-20(31(28,29)26-19-6-4-5-18(24)13-19)14-21(15)25-23(27)12-17-9-7-16(2)22(11-17)30-3/h4-11,13-14,26H,12H2,1-3H3,(H,25,27). The molecule has 0 bridgehead atoms. The molecule has 0 aliphatic heterocycles. The Morgan fingerprint density at radius 2 is 1.74 bits per heavy atom. The fourth-order valence-corrected chi connectivity index (χ4v) is 4.29. The van der Waals surface area contributed by atoms with Crippen LogP contribution in [0.1, 0.15) is 16.7 Å². The van der Waals surface area contributed by atoms with E-state index in [1.54, 1.807) is 38.3 Å². The third kappa shape index (κ3) is 5.77. The molecule has 6 nitrogen and oxygen atoms in total. The molecule has 8 heteroatoms. The number of carbonyl (C=O) groups excluding carboxylic acids is 1. The molecule has 0 aromatic heterocycles. The number of carbonyl (C=O) groups is 1. The average Bonchev–Trinajstić information content (AvgIpc) is 2.70. The summed E-state index contributed by atoms with van der Waals surface area (Å²) in [6.45, 7) is 3.72. The molecule has 0 unspecified atom stereocenters. The van der Waals surface area contributed by atoms with Crippen molar-refractivity contribution in [3.8, 4) is 5.75 Å². The largest absolute Gasteiger partial charge is 0.496 e. The van der Waals surface area contributed by atoms with Gasteiger partial charge in [0.05, 0.1) is 24.1 Å². The van der Waals surface area contributed by atoms with E-state index in [-0.39, 0.29) is 17.2 Å². The summed E-state index contributed by atoms with van der Waals surface area (Å²) < 4.78 is 33.3. The van der Waals surface area contributed by atoms with E-state index >= 15 is 0 Å². The van der Waals surface area contributed by atoms with Crippen molar-refractivity contribution in [3.63, 3.8) is 0 Å². The maximum Gasteiger partial charge on any atom is 0.261 e. The predicted molar refractivity (Wildman–Crippen MR) is 124 cm³/mol. The van der Waals surface area contributed by atoms with Crippen LogP contribution in [0.4, 0.5) is 11.4 Å². The number of aryl methyl sites for hydroxylation is 2. The maximum atomic E-state index is 12.8. The van der Waals surface area contributed by atoms with Gasteiger partial charge in [-0.15, -0.1) is 0 Å². The highest BCUT2D eigenvalue weighted by atomic mass is 35.5. The first-order chi connectivity index (χ1) is 14.7. The Hall–Kier alpha value is -3.03. The molecule has 162 valence electrons. The van der Waals surface area contributed by atoms with Crippen LogP contribution >= 0.6 is 11.6 Å². The Bertz CT molecular complexity index is 1230. The highest BCUT2D eigenvalue weighted by molar-refractivity contribution is 7.92. The van der Waals surface area contributed by atoms with Gasteiger partial charge in [-0.2, -0.15) is 0 Å². The number of ether oxygens (including phenoxy) is 1. The van der Waals surface area contributed by atoms with Crippen LogP contribution in [0.15, 0.2) is 65.6 Å². The van der Waals surface area contributed by atoms with Crippen molar-refractivity contribution in [2.45, 2.75) is 25.2 Å². The van der Waals surface area contributed by atoms with E-state index in [0.29, 0.717) is 22.1 Å². The summed E-state index contributed by atoms with van der Waals surface area (Å²) in [4.78, 5) is 12.6. The van der Waals surface area contributed by atoms with Crippen molar-refractivity contribution in [1.29, 1.82) is 0 Å². The number of amides is 1. The molecule has 31 heavy (non-hydrogen) atoms. The lowest BCUT2D eigenvalue weighted by atomic mass is 10.1. The van der Waals surface area contributed by atoms with E-state index in [2.05, 4.69) is 10.0 Å². The number of hydrogen-bond acceptors (Lipinski definition) is 4. The fourth-order valence-electron chi connectivity index (χ4n) is 3.02. The number of nitrogens with one attached hydrogen (secondary N) is 2. The van der Waals surface area contributed by atoms with E-state index in [9.17, 15) is 13.2 Å². The molecule has 0 saturated heterocycles. The Morgan fingerprint density at radius 1 is 1.00 bits per heavy atom. The highest BCUT2D eigenvalue weighted by Gasteiger charge is 2.17. The van der Waals surface area contributed by atoms with Crippen molar-refractivity contribution in [3.05, 3.63) is 82.4 Å². The number of halogens is 1. The predicted octanol–water partition coefficient (Wildman–Crippen LogP) is 4.95. The van der Waals surface area contributed by atoms with Crippen molar-refractivity contribution in [2.75, 3.05) is 17.1 Å². The number of sulfonamides is 1. The summed E-state index contributed by atoms with van der Waals surface area (Å²) in [5.74, 6) is 0.452. The molecule has 2 N–H and O–H groups in total. The molecule has 0 saturated carbocycles. The van der Waals surface area contributed by atoms with Crippen LogP contribution < -0.4 is 14.8 Å². The summed E-state index contributed by atoms with van der Waals surface area (Å²) >= 11 is 5.93. The lowest BCUT2D eigenvalue weighted by Crippen LogP contribution is -2.17. The van der Waals surface area contributed by atoms with E-state index in [1.807, 2.05) is 25.1 Å². The first-order valence-electron chi connectivity index (χ1n) is 9.50. The van der Waals surface area contributed by atoms with Gasteiger partial charge in [-0.3, -0.25) is 9.52 Å². The summed E-state index contributed by atoms with van der Waals surface area (Å²) in [5.41, 5.74) is 3.30. The normalized spacial score (nSPS) is 11.1. The van der Waals surface area contributed by atoms with Gasteiger partial charge in [0.2, 0.25) is 5.91 Å². The quantitative estimate of drug-likeness (QED) is 0.524. The van der Waals surface area contributed by atoms with Crippen LogP contribution in [0.2, 0.25) is 5.02 Å². The van der Waals surface area contributed by atoms with Gasteiger partial charge in [-0.25, -0.2) is 8.42 Å². The average molecular weight is 459 g/mol. The van der Waals surface area contributed by atoms with Crippen LogP contribution in [0.3, 0.4) is 0 Å². The summed E-state index contributed by atoms with van der Waals surface area (Å²) in [7, 11) is -2.27. The van der Waals surface area contributed by atoms with Gasteiger partial charge in [0.15, 0.2) is 0 Å². The van der Waals surface area contributed by atoms with Gasteiger partial charge in [-0.05, 0) is 66.9 Å². The van der Waals surface area contributed by atoms with Gasteiger partial charge in [0, 0.05) is 10.7 Å². The van der Waals surface area contributed by atoms with Gasteiger partial charge in [-0.1, -0.05) is 35.9 Å². The zero-order chi connectivity index (χ0) is 22.6. The van der Waals surface area contributed by atoms with Crippen molar-refractivity contribution < 1.29 is 17.9 Å². The number of methoxy groups -OCH3 is 1. The van der Waals surface area contributed by atoms with Crippen LogP contribution in [-0.2, 0) is 21.2 Å². The first kappa shape index (κ1) is 22.7. The van der Waals surface area contributed by atoms with Crippen molar-refractivity contribution >= 4 is 38.9 Å². The van der Waals surface area contributed by atoms with E-state index in [4.69, 9.17) is 16.3 Å². The highest BCUT2D eigenvalue weighted by Crippen LogP contribution is 2.24. The fraction of sp³-hybridized carbons (Fsp3) is 0.174. The van der Waals surface area contributed by atoms with Crippen LogP contribution in [0.25, 0.3) is 0 Å². The van der Waals surface area contributed by atoms with Crippen molar-refractivity contribution in [1.82, 2.24) is 0 Å². The molecule has 1 amide bonds. The molecular formula is C23H23ClN2O4S. The Kier molecular flexibility index (Phi) is 6.87. The van der Waals surface area contributed by atoms with Crippen LogP contribution in [-0.4, -0.2) is 21.4 Å². The second-order valence-corrected chi connectivity index (χ2v) is 9.24. The van der Waals surface area contributed by atoms with Gasteiger partial charge in [0.1, 0.15) is 5.75 Å². The van der Waals surface area contributed by atoms with Crippen molar-refractivity contribution in [2.24, 2.45) is 0 Å². The molecule has 0 aliphatic carbocycles. The molecule has 0 spiro atoms. The molecule has 0 heterocycles. The molecule has 0 atom stereocenters. The molecule has 3 rings (SSSR count). The van der Waals surface area contributed by atoms with E-state index < -0.39 is 10.0 Å². The monoisotopic (exact) mass is 458 g/mol. The molecule has 3 aromatic rings. The topological polar surface area (TPSA) is 84.5 Å². The Balaban J connectivity index is 1.78. The number of benzene rings is 3. The second kappa shape index (κ2) is 9.41. The Morgan fingerprint density at radius 3 is 2.45 bits per heavy atom. The number of rotatable bonds is 7. The lowest BCUT2D eigenvalue weighted by Gasteiger charge is -2.13. The summed E-state index contributed by atoms with van der Waals surface area (Å²) in [6.07, 6.45) is 0.133. The second-order valence-electron chi connectivity index (χ2n) is 7.12. The third-order valence-corrected chi connectivity index (χ3v) is 6.32. The maximum absolute atomic E-state index is 12.8. The number of hydrogen-bond donors (Lipinski definition) is 2. The molecule has 0 radical (unpaired) electrons. The van der Waals surface area contributed by atoms with Crippen LogP contribution in [0, 0.1) is 13.8 Å². The van der Waals surface area contributed by atoms with Gasteiger partial charge in [0.25, 0.3) is 10.0 Å². The van der Waals surface area contributed by atoms with Gasteiger partial charge < -0.3 is 10.1 Å². The molecule has 3 aromatic carbocycles. The molecule has 0 aliphatic rings. The van der Waals surface area contributed by atoms with E-state index in [1.165, 1.54) is 18.2 Å². The molecule has 0 fully saturated rings. The summed E-state index contributed by atoms with van der Waals surface area (Å²) in [5, 5.41) is 3.22. The van der Waals surface area contributed by atoms with E-state index in [0.717, 1.165) is 16.7 Å². The molecular weight excluding hydrogens is 436 g/mol. The third-order valence-electron chi connectivity index (χ3n) is 4.71. The lowest BCUT2D eigenvalue weighted by molar-refractivity contribution is -0.115. The Labute approximate surface area is 187 Å². The minimum absolute atomic E-state index is 0.0328. The zero-order valence-electron chi connectivity index (χ0n) is 17.4. The van der Waals surface area contributed by atoms with Gasteiger partial charge >= 0.3 is 0 Å². The minimum atomic E-state index is -3.85. The summed E-state index contributed by atoms with van der Waals surface area (Å²) in [6, 6.07) is 16.6. The zero-order valence-corrected chi connectivity index (χ0v) is 19.0. The smallest absolute Gasteiger partial charge is 0.261 e. The number of anilines is 2. The SMILES string of the molecule is COc1cc(CC(=O)Nc2cc(S(=O)(=O)Nc3cccc(Cl)c3)ccc2C)ccc1C. The first-order valence-corrected chi connectivity index (χ1v) is 11.4. The minimum Gasteiger partial charge on any atom is -0.496 e. The van der Waals surface area contributed by atoms with Crippen LogP contribution in [0.5, 0.6) is 5.75 Å².